The van der Waals surface area contributed by atoms with Crippen molar-refractivity contribution >= 4 is 35.0 Å². The summed E-state index contributed by atoms with van der Waals surface area (Å²) in [5.74, 6) is -1.27. The van der Waals surface area contributed by atoms with Crippen LogP contribution < -0.4 is 15.6 Å². The van der Waals surface area contributed by atoms with Gasteiger partial charge in [0, 0.05) is 5.02 Å². The first-order chi connectivity index (χ1) is 11.4. The molecule has 2 aromatic rings. The van der Waals surface area contributed by atoms with Gasteiger partial charge >= 0.3 is 0 Å². The smallest absolute Gasteiger partial charge is 0.279 e. The Morgan fingerprint density at radius 3 is 2.38 bits per heavy atom. The van der Waals surface area contributed by atoms with Crippen LogP contribution >= 0.6 is 23.2 Å². The van der Waals surface area contributed by atoms with Crippen molar-refractivity contribution in [3.05, 3.63) is 63.9 Å². The second kappa shape index (κ2) is 7.99. The third kappa shape index (κ3) is 4.84. The van der Waals surface area contributed by atoms with Crippen molar-refractivity contribution in [1.82, 2.24) is 10.9 Å². The Hall–Kier alpha value is -2.31. The first-order valence-electron chi connectivity index (χ1n) is 6.84. The number of halogens is 3. The van der Waals surface area contributed by atoms with E-state index in [1.54, 1.807) is 0 Å². The number of hydrogen-bond acceptors (Lipinski definition) is 3. The molecular formula is C16H13Cl2FN2O3. The first kappa shape index (κ1) is 18.0. The van der Waals surface area contributed by atoms with E-state index in [0.717, 1.165) is 0 Å². The highest BCUT2D eigenvalue weighted by Crippen LogP contribution is 2.20. The lowest BCUT2D eigenvalue weighted by atomic mass is 10.2. The topological polar surface area (TPSA) is 67.4 Å². The molecule has 0 heterocycles. The Kier molecular flexibility index (Phi) is 6.00. The van der Waals surface area contributed by atoms with Crippen LogP contribution in [0.25, 0.3) is 0 Å². The molecule has 0 spiro atoms. The summed E-state index contributed by atoms with van der Waals surface area (Å²) in [4.78, 5) is 23.9. The van der Waals surface area contributed by atoms with Gasteiger partial charge in [0.05, 0.1) is 10.6 Å². The van der Waals surface area contributed by atoms with Crippen molar-refractivity contribution in [2.45, 2.75) is 13.0 Å². The van der Waals surface area contributed by atoms with E-state index in [2.05, 4.69) is 10.9 Å². The molecule has 2 amide bonds. The standard InChI is InChI=1S/C16H13Cl2FN2O3/c1-9(24-12-5-3-11(19)4-6-12)15(22)20-21-16(23)13-7-2-10(17)8-14(13)18/h2-9H,1H3,(H,20,22)(H,21,23). The van der Waals surface area contributed by atoms with Gasteiger partial charge in [-0.1, -0.05) is 23.2 Å². The molecule has 2 rings (SSSR count). The van der Waals surface area contributed by atoms with Crippen LogP contribution in [-0.4, -0.2) is 17.9 Å². The third-order valence-electron chi connectivity index (χ3n) is 2.97. The van der Waals surface area contributed by atoms with Gasteiger partial charge in [-0.25, -0.2) is 4.39 Å². The summed E-state index contributed by atoms with van der Waals surface area (Å²) in [6, 6.07) is 9.57. The Balaban J connectivity index is 1.89. The molecule has 0 saturated heterocycles. The molecule has 0 aliphatic heterocycles. The van der Waals surface area contributed by atoms with Crippen LogP contribution in [-0.2, 0) is 4.79 Å². The van der Waals surface area contributed by atoms with E-state index in [1.807, 2.05) is 0 Å². The minimum absolute atomic E-state index is 0.157. The molecule has 2 N–H and O–H groups in total. The van der Waals surface area contributed by atoms with Crippen LogP contribution in [0.5, 0.6) is 5.75 Å². The second-order valence-electron chi connectivity index (χ2n) is 4.78. The highest BCUT2D eigenvalue weighted by molar-refractivity contribution is 6.36. The number of ether oxygens (including phenoxy) is 1. The molecular weight excluding hydrogens is 358 g/mol. The molecule has 0 aromatic heterocycles. The number of benzene rings is 2. The van der Waals surface area contributed by atoms with Crippen molar-refractivity contribution < 1.29 is 18.7 Å². The van der Waals surface area contributed by atoms with E-state index in [4.69, 9.17) is 27.9 Å². The minimum atomic E-state index is -0.906. The monoisotopic (exact) mass is 370 g/mol. The molecule has 24 heavy (non-hydrogen) atoms. The van der Waals surface area contributed by atoms with Gasteiger partial charge in [-0.15, -0.1) is 0 Å². The molecule has 2 aromatic carbocycles. The molecule has 0 aliphatic rings. The van der Waals surface area contributed by atoms with Crippen LogP contribution in [0.1, 0.15) is 17.3 Å². The van der Waals surface area contributed by atoms with E-state index in [0.29, 0.717) is 10.8 Å². The normalized spacial score (nSPS) is 11.5. The molecule has 126 valence electrons. The van der Waals surface area contributed by atoms with Crippen LogP contribution in [0, 0.1) is 5.82 Å². The Labute approximate surface area is 147 Å². The molecule has 1 unspecified atom stereocenters. The zero-order chi connectivity index (χ0) is 17.7. The van der Waals surface area contributed by atoms with Gasteiger partial charge in [0.2, 0.25) is 0 Å². The van der Waals surface area contributed by atoms with Crippen molar-refractivity contribution in [3.8, 4) is 5.75 Å². The molecule has 0 saturated carbocycles. The van der Waals surface area contributed by atoms with E-state index in [1.165, 1.54) is 49.4 Å². The Morgan fingerprint density at radius 1 is 1.08 bits per heavy atom. The van der Waals surface area contributed by atoms with Gasteiger partial charge in [-0.05, 0) is 49.4 Å². The van der Waals surface area contributed by atoms with E-state index < -0.39 is 23.7 Å². The predicted octanol–water partition coefficient (Wildman–Crippen LogP) is 3.36. The molecule has 0 bridgehead atoms. The highest BCUT2D eigenvalue weighted by Gasteiger charge is 2.17. The average molecular weight is 371 g/mol. The van der Waals surface area contributed by atoms with Gasteiger partial charge < -0.3 is 4.74 Å². The lowest BCUT2D eigenvalue weighted by Gasteiger charge is -2.15. The predicted molar refractivity (Wildman–Crippen MR) is 88.6 cm³/mol. The third-order valence-corrected chi connectivity index (χ3v) is 3.52. The summed E-state index contributed by atoms with van der Waals surface area (Å²) in [5.41, 5.74) is 4.61. The van der Waals surface area contributed by atoms with E-state index in [-0.39, 0.29) is 10.6 Å². The van der Waals surface area contributed by atoms with Crippen molar-refractivity contribution in [3.63, 3.8) is 0 Å². The lowest BCUT2D eigenvalue weighted by molar-refractivity contribution is -0.128. The molecule has 5 nitrogen and oxygen atoms in total. The average Bonchev–Trinajstić information content (AvgIpc) is 2.54. The van der Waals surface area contributed by atoms with Gasteiger partial charge in [0.25, 0.3) is 11.8 Å². The Bertz CT molecular complexity index is 753. The van der Waals surface area contributed by atoms with E-state index >= 15 is 0 Å². The summed E-state index contributed by atoms with van der Waals surface area (Å²) in [6.45, 7) is 1.49. The zero-order valence-electron chi connectivity index (χ0n) is 12.5. The number of hydrazine groups is 1. The second-order valence-corrected chi connectivity index (χ2v) is 5.63. The number of hydrogen-bond donors (Lipinski definition) is 2. The fourth-order valence-corrected chi connectivity index (χ4v) is 2.23. The van der Waals surface area contributed by atoms with Crippen molar-refractivity contribution in [1.29, 1.82) is 0 Å². The number of carbonyl (C=O) groups excluding carboxylic acids is 2. The molecule has 0 radical (unpaired) electrons. The van der Waals surface area contributed by atoms with Gasteiger partial charge in [0.1, 0.15) is 11.6 Å². The maximum absolute atomic E-state index is 12.8. The molecule has 0 aliphatic carbocycles. The lowest BCUT2D eigenvalue weighted by Crippen LogP contribution is -2.47. The minimum Gasteiger partial charge on any atom is -0.481 e. The summed E-state index contributed by atoms with van der Waals surface area (Å²) in [6.07, 6.45) is -0.906. The molecule has 8 heteroatoms. The van der Waals surface area contributed by atoms with E-state index in [9.17, 15) is 14.0 Å². The Morgan fingerprint density at radius 2 is 1.75 bits per heavy atom. The quantitative estimate of drug-likeness (QED) is 0.810. The largest absolute Gasteiger partial charge is 0.481 e. The van der Waals surface area contributed by atoms with Crippen LogP contribution in [0.15, 0.2) is 42.5 Å². The van der Waals surface area contributed by atoms with Gasteiger partial charge in [-0.3, -0.25) is 20.4 Å². The van der Waals surface area contributed by atoms with Crippen LogP contribution in [0.2, 0.25) is 10.0 Å². The summed E-state index contributed by atoms with van der Waals surface area (Å²) >= 11 is 11.7. The first-order valence-corrected chi connectivity index (χ1v) is 7.60. The SMILES string of the molecule is CC(Oc1ccc(F)cc1)C(=O)NNC(=O)c1ccc(Cl)cc1Cl. The van der Waals surface area contributed by atoms with Gasteiger partial charge in [-0.2, -0.15) is 0 Å². The molecule has 0 fully saturated rings. The maximum atomic E-state index is 12.8. The van der Waals surface area contributed by atoms with Crippen molar-refractivity contribution in [2.75, 3.05) is 0 Å². The van der Waals surface area contributed by atoms with Crippen LogP contribution in [0.4, 0.5) is 4.39 Å². The fourth-order valence-electron chi connectivity index (χ4n) is 1.73. The summed E-state index contributed by atoms with van der Waals surface area (Å²) < 4.78 is 18.1. The van der Waals surface area contributed by atoms with Gasteiger partial charge in [0.15, 0.2) is 6.10 Å². The van der Waals surface area contributed by atoms with Crippen molar-refractivity contribution in [2.24, 2.45) is 0 Å². The zero-order valence-corrected chi connectivity index (χ0v) is 14.0. The number of amides is 2. The number of rotatable bonds is 4. The highest BCUT2D eigenvalue weighted by atomic mass is 35.5. The fraction of sp³-hybridized carbons (Fsp3) is 0.125. The number of nitrogens with one attached hydrogen (secondary N) is 2. The summed E-state index contributed by atoms with van der Waals surface area (Å²) in [5, 5.41) is 0.548. The molecule has 1 atom stereocenters. The number of carbonyl (C=O) groups is 2. The summed E-state index contributed by atoms with van der Waals surface area (Å²) in [7, 11) is 0. The van der Waals surface area contributed by atoms with Crippen LogP contribution in [0.3, 0.4) is 0 Å². The maximum Gasteiger partial charge on any atom is 0.279 e.